The monoisotopic (exact) mass is 310 g/mol. The zero-order valence-electron chi connectivity index (χ0n) is 11.7. The number of rotatable bonds is 4. The maximum Gasteiger partial charge on any atom is 0.311 e. The first-order valence-electron chi connectivity index (χ1n) is 7.14. The lowest BCUT2D eigenvalue weighted by molar-refractivity contribution is -0.140. The molecule has 2 aromatic carbocycles. The van der Waals surface area contributed by atoms with Crippen LogP contribution in [-0.2, 0) is 10.4 Å². The molecule has 0 unspecified atom stereocenters. The van der Waals surface area contributed by atoms with Crippen molar-refractivity contribution in [2.45, 2.75) is 12.0 Å². The lowest BCUT2D eigenvalue weighted by Gasteiger charge is -2.19. The predicted molar refractivity (Wildman–Crippen MR) is 86.3 cm³/mol. The fourth-order valence-corrected chi connectivity index (χ4v) is 3.89. The van der Waals surface area contributed by atoms with E-state index >= 15 is 0 Å². The van der Waals surface area contributed by atoms with Crippen LogP contribution in [0.1, 0.15) is 11.3 Å². The molecule has 0 bridgehead atoms. The van der Waals surface area contributed by atoms with Gasteiger partial charge >= 0.3 is 5.97 Å². The number of aliphatic carboxylic acids is 1. The van der Waals surface area contributed by atoms with Crippen LogP contribution in [0.4, 0.5) is 0 Å². The SMILES string of the molecule is O=C(O)[C@@H]1C[C@@]1(Oc1cccc2ccccc12)c1cccs1. The molecule has 3 aromatic rings. The highest BCUT2D eigenvalue weighted by molar-refractivity contribution is 7.10. The van der Waals surface area contributed by atoms with Crippen LogP contribution in [-0.4, -0.2) is 11.1 Å². The summed E-state index contributed by atoms with van der Waals surface area (Å²) in [6, 6.07) is 17.8. The third-order valence-corrected chi connectivity index (χ3v) is 5.22. The predicted octanol–water partition coefficient (Wildman–Crippen LogP) is 4.28. The molecule has 0 amide bonds. The summed E-state index contributed by atoms with van der Waals surface area (Å²) in [5, 5.41) is 13.5. The quantitative estimate of drug-likeness (QED) is 0.782. The van der Waals surface area contributed by atoms with Crippen molar-refractivity contribution >= 4 is 28.1 Å². The number of carboxylic acid groups (broad SMARTS) is 1. The minimum atomic E-state index is -0.798. The number of ether oxygens (including phenoxy) is 1. The molecule has 0 spiro atoms. The number of hydrogen-bond donors (Lipinski definition) is 1. The van der Waals surface area contributed by atoms with Crippen molar-refractivity contribution in [2.75, 3.05) is 0 Å². The summed E-state index contributed by atoms with van der Waals surface area (Å²) in [7, 11) is 0. The lowest BCUT2D eigenvalue weighted by atomic mass is 10.1. The summed E-state index contributed by atoms with van der Waals surface area (Å²) in [6.45, 7) is 0. The molecule has 1 fully saturated rings. The van der Waals surface area contributed by atoms with Crippen molar-refractivity contribution in [3.8, 4) is 5.75 Å². The highest BCUT2D eigenvalue weighted by atomic mass is 32.1. The third kappa shape index (κ3) is 1.99. The Morgan fingerprint density at radius 3 is 2.68 bits per heavy atom. The molecular formula is C18H14O3S. The van der Waals surface area contributed by atoms with E-state index in [1.165, 1.54) is 0 Å². The summed E-state index contributed by atoms with van der Waals surface area (Å²) in [5.74, 6) is -0.533. The van der Waals surface area contributed by atoms with Crippen LogP contribution in [0.25, 0.3) is 10.8 Å². The van der Waals surface area contributed by atoms with E-state index in [0.717, 1.165) is 21.4 Å². The van der Waals surface area contributed by atoms with Gasteiger partial charge in [0.25, 0.3) is 0 Å². The summed E-state index contributed by atoms with van der Waals surface area (Å²) < 4.78 is 6.27. The average Bonchev–Trinajstić information content (AvgIpc) is 3.00. The van der Waals surface area contributed by atoms with Crippen LogP contribution in [0.2, 0.25) is 0 Å². The molecule has 3 nitrogen and oxygen atoms in total. The van der Waals surface area contributed by atoms with Crippen LogP contribution >= 0.6 is 11.3 Å². The van der Waals surface area contributed by atoms with Gasteiger partial charge in [0.2, 0.25) is 0 Å². The van der Waals surface area contributed by atoms with Crippen LogP contribution in [0.15, 0.2) is 60.0 Å². The maximum absolute atomic E-state index is 11.5. The van der Waals surface area contributed by atoms with E-state index in [1.54, 1.807) is 11.3 Å². The van der Waals surface area contributed by atoms with Crippen LogP contribution < -0.4 is 4.74 Å². The zero-order chi connectivity index (χ0) is 15.2. The summed E-state index contributed by atoms with van der Waals surface area (Å²) in [6.07, 6.45) is 0.520. The number of benzene rings is 2. The van der Waals surface area contributed by atoms with E-state index in [2.05, 4.69) is 0 Å². The number of thiophene rings is 1. The summed E-state index contributed by atoms with van der Waals surface area (Å²) in [5.41, 5.74) is -0.718. The van der Waals surface area contributed by atoms with Gasteiger partial charge in [0, 0.05) is 16.7 Å². The first kappa shape index (κ1) is 13.3. The van der Waals surface area contributed by atoms with E-state index in [0.29, 0.717) is 6.42 Å². The molecule has 0 aliphatic heterocycles. The second kappa shape index (κ2) is 4.85. The summed E-state index contributed by atoms with van der Waals surface area (Å²) in [4.78, 5) is 12.4. The number of carbonyl (C=O) groups is 1. The van der Waals surface area contributed by atoms with Gasteiger partial charge in [-0.1, -0.05) is 42.5 Å². The molecule has 4 rings (SSSR count). The Hall–Kier alpha value is -2.33. The van der Waals surface area contributed by atoms with E-state index in [4.69, 9.17) is 4.74 Å². The first-order chi connectivity index (χ1) is 10.7. The van der Waals surface area contributed by atoms with Crippen molar-refractivity contribution < 1.29 is 14.6 Å². The van der Waals surface area contributed by atoms with Gasteiger partial charge < -0.3 is 9.84 Å². The Morgan fingerprint density at radius 1 is 1.14 bits per heavy atom. The van der Waals surface area contributed by atoms with Gasteiger partial charge in [0.15, 0.2) is 5.60 Å². The number of carboxylic acids is 1. The fraction of sp³-hybridized carbons (Fsp3) is 0.167. The molecule has 1 heterocycles. The van der Waals surface area contributed by atoms with Crippen molar-refractivity contribution in [1.29, 1.82) is 0 Å². The lowest BCUT2D eigenvalue weighted by Crippen LogP contribution is -2.21. The minimum absolute atomic E-state index is 0.481. The maximum atomic E-state index is 11.5. The Kier molecular flexibility index (Phi) is 2.94. The van der Waals surface area contributed by atoms with Crippen LogP contribution in [0.5, 0.6) is 5.75 Å². The van der Waals surface area contributed by atoms with Crippen LogP contribution in [0, 0.1) is 5.92 Å². The highest BCUT2D eigenvalue weighted by Crippen LogP contribution is 2.57. The molecular weight excluding hydrogens is 296 g/mol. The van der Waals surface area contributed by atoms with E-state index < -0.39 is 17.5 Å². The van der Waals surface area contributed by atoms with Crippen molar-refractivity contribution in [2.24, 2.45) is 5.92 Å². The molecule has 2 atom stereocenters. The highest BCUT2D eigenvalue weighted by Gasteiger charge is 2.63. The molecule has 0 radical (unpaired) electrons. The number of hydrogen-bond acceptors (Lipinski definition) is 3. The van der Waals surface area contributed by atoms with Crippen LogP contribution in [0.3, 0.4) is 0 Å². The Bertz CT molecular complexity index is 835. The van der Waals surface area contributed by atoms with Gasteiger partial charge in [-0.25, -0.2) is 0 Å². The molecule has 4 heteroatoms. The number of fused-ring (bicyclic) bond motifs is 1. The van der Waals surface area contributed by atoms with Crippen molar-refractivity contribution in [3.63, 3.8) is 0 Å². The largest absolute Gasteiger partial charge is 0.481 e. The molecule has 0 saturated heterocycles. The van der Waals surface area contributed by atoms with Gasteiger partial charge in [-0.2, -0.15) is 0 Å². The summed E-state index contributed by atoms with van der Waals surface area (Å²) >= 11 is 1.55. The molecule has 1 aliphatic carbocycles. The first-order valence-corrected chi connectivity index (χ1v) is 8.02. The standard InChI is InChI=1S/C18H14O3S/c19-17(20)14-11-18(14,16-9-4-10-22-16)21-15-8-3-6-12-5-1-2-7-13(12)15/h1-10,14H,11H2,(H,19,20)/t14-,18-/m0/s1. The Balaban J connectivity index is 1.78. The average molecular weight is 310 g/mol. The van der Waals surface area contributed by atoms with E-state index in [1.807, 2.05) is 60.0 Å². The van der Waals surface area contributed by atoms with Gasteiger partial charge in [-0.3, -0.25) is 4.79 Å². The Labute approximate surface area is 131 Å². The molecule has 22 heavy (non-hydrogen) atoms. The Morgan fingerprint density at radius 2 is 1.95 bits per heavy atom. The third-order valence-electron chi connectivity index (χ3n) is 4.19. The van der Waals surface area contributed by atoms with Gasteiger partial charge in [-0.05, 0) is 22.9 Å². The zero-order valence-corrected chi connectivity index (χ0v) is 12.5. The van der Waals surface area contributed by atoms with E-state index in [9.17, 15) is 9.90 Å². The van der Waals surface area contributed by atoms with Crippen molar-refractivity contribution in [3.05, 3.63) is 64.9 Å². The second-order valence-corrected chi connectivity index (χ2v) is 6.49. The van der Waals surface area contributed by atoms with Gasteiger partial charge in [0.05, 0.1) is 0 Å². The molecule has 1 N–H and O–H groups in total. The molecule has 1 aliphatic rings. The van der Waals surface area contributed by atoms with Gasteiger partial charge in [-0.15, -0.1) is 11.3 Å². The minimum Gasteiger partial charge on any atom is -0.481 e. The van der Waals surface area contributed by atoms with E-state index in [-0.39, 0.29) is 0 Å². The fourth-order valence-electron chi connectivity index (χ4n) is 2.97. The van der Waals surface area contributed by atoms with Gasteiger partial charge in [0.1, 0.15) is 11.7 Å². The normalized spacial score (nSPS) is 23.4. The smallest absolute Gasteiger partial charge is 0.311 e. The van der Waals surface area contributed by atoms with Crippen molar-refractivity contribution in [1.82, 2.24) is 0 Å². The topological polar surface area (TPSA) is 46.5 Å². The molecule has 110 valence electrons. The molecule has 1 aromatic heterocycles. The second-order valence-electron chi connectivity index (χ2n) is 5.54. The molecule has 1 saturated carbocycles.